The number of nitrogens with zero attached hydrogens (tertiary/aromatic N) is 1. The number of ether oxygens (including phenoxy) is 2. The Bertz CT molecular complexity index is 798. The maximum atomic E-state index is 11.6. The molecule has 2 amide bonds. The molecule has 29 heavy (non-hydrogen) atoms. The Balaban J connectivity index is 2.85. The highest BCUT2D eigenvalue weighted by Crippen LogP contribution is 2.28. The number of carbonyl (C=O) groups excluding carboxylic acids is 2. The molecule has 0 aliphatic heterocycles. The van der Waals surface area contributed by atoms with Gasteiger partial charge in [-0.15, -0.1) is 0 Å². The molecule has 0 radical (unpaired) electrons. The van der Waals surface area contributed by atoms with Gasteiger partial charge in [-0.05, 0) is 67.2 Å². The zero-order valence-electron chi connectivity index (χ0n) is 15.9. The summed E-state index contributed by atoms with van der Waals surface area (Å²) >= 11 is 11.2. The Hall–Kier alpha value is -2.62. The molecule has 156 valence electrons. The number of rotatable bonds is 7. The van der Waals surface area contributed by atoms with Crippen molar-refractivity contribution in [2.24, 2.45) is 0 Å². The number of thiocarbonyl (C=S) groups is 2. The van der Waals surface area contributed by atoms with Crippen molar-refractivity contribution in [3.63, 3.8) is 0 Å². The molecule has 1 aromatic carbocycles. The van der Waals surface area contributed by atoms with Crippen LogP contribution < -0.4 is 21.3 Å². The lowest BCUT2D eigenvalue weighted by Gasteiger charge is -2.16. The van der Waals surface area contributed by atoms with Crippen LogP contribution in [-0.4, -0.2) is 35.6 Å². The summed E-state index contributed by atoms with van der Waals surface area (Å²) in [4.78, 5) is 23.9. The molecule has 0 saturated heterocycles. The average molecular weight is 456 g/mol. The van der Waals surface area contributed by atoms with E-state index < -0.39 is 12.2 Å². The molecule has 0 heterocycles. The Morgan fingerprint density at radius 2 is 1.52 bits per heavy atom. The van der Waals surface area contributed by atoms with Gasteiger partial charge in [0.2, 0.25) is 0 Å². The average Bonchev–Trinajstić information content (AvgIpc) is 2.66. The molecule has 0 aliphatic rings. The number of thioether (sulfide) groups is 1. The fourth-order valence-corrected chi connectivity index (χ4v) is 2.61. The van der Waals surface area contributed by atoms with Crippen LogP contribution in [0.2, 0.25) is 0 Å². The minimum absolute atomic E-state index is 0.00510. The van der Waals surface area contributed by atoms with Crippen LogP contribution in [0, 0.1) is 10.7 Å². The third-order valence-electron chi connectivity index (χ3n) is 2.96. The smallest absolute Gasteiger partial charge is 0.413 e. The highest BCUT2D eigenvalue weighted by molar-refractivity contribution is 8.03. The largest absolute Gasteiger partial charge is 0.449 e. The van der Waals surface area contributed by atoms with Gasteiger partial charge in [0.05, 0.1) is 24.6 Å². The second-order valence-corrected chi connectivity index (χ2v) is 7.01. The molecule has 1 aromatic rings. The molecule has 0 fully saturated rings. The van der Waals surface area contributed by atoms with E-state index in [0.717, 1.165) is 11.8 Å². The number of nitrogens with one attached hydrogen (secondary N) is 4. The standard InChI is InChI=1S/C17H21N5O4S3/c1-3-7-25-16(23)21-14(27)19-12-6-5-11(29-10-18)9-13(12)20-15(28)22-17(24)26-8-4-2/h5-6,9H,3-4,7-8H2,1-2H3,(H2,19,21,23,27)(H2,20,22,24,28). The summed E-state index contributed by atoms with van der Waals surface area (Å²) in [7, 11) is 0. The quantitative estimate of drug-likeness (QED) is 0.273. The number of hydrogen-bond donors (Lipinski definition) is 4. The SMILES string of the molecule is CCCOC(=O)NC(=S)Nc1ccc(SC#N)cc1NC(=S)NC(=O)OCCC. The van der Waals surface area contributed by atoms with Crippen molar-refractivity contribution in [2.75, 3.05) is 23.8 Å². The van der Waals surface area contributed by atoms with Crippen molar-refractivity contribution >= 4 is 70.0 Å². The van der Waals surface area contributed by atoms with Gasteiger partial charge in [0.25, 0.3) is 0 Å². The molecule has 12 heteroatoms. The molecule has 0 unspecified atom stereocenters. The molecule has 0 saturated carbocycles. The molecular weight excluding hydrogens is 434 g/mol. The van der Waals surface area contributed by atoms with Crippen LogP contribution in [0.25, 0.3) is 0 Å². The number of hydrogen-bond acceptors (Lipinski definition) is 8. The molecule has 4 N–H and O–H groups in total. The minimum atomic E-state index is -0.683. The van der Waals surface area contributed by atoms with Gasteiger partial charge >= 0.3 is 12.2 Å². The van der Waals surface area contributed by atoms with E-state index in [0.29, 0.717) is 29.1 Å². The summed E-state index contributed by atoms with van der Waals surface area (Å²) in [6, 6.07) is 4.97. The monoisotopic (exact) mass is 455 g/mol. The van der Waals surface area contributed by atoms with Crippen molar-refractivity contribution in [1.82, 2.24) is 10.6 Å². The van der Waals surface area contributed by atoms with Crippen LogP contribution in [0.3, 0.4) is 0 Å². The molecule has 0 aromatic heterocycles. The maximum absolute atomic E-state index is 11.6. The highest BCUT2D eigenvalue weighted by atomic mass is 32.2. The first-order chi connectivity index (χ1) is 13.9. The molecule has 0 aliphatic carbocycles. The van der Waals surface area contributed by atoms with Crippen molar-refractivity contribution in [1.29, 1.82) is 5.26 Å². The number of amides is 2. The van der Waals surface area contributed by atoms with Crippen LogP contribution >= 0.6 is 36.2 Å². The zero-order chi connectivity index (χ0) is 21.6. The lowest BCUT2D eigenvalue weighted by Crippen LogP contribution is -2.36. The van der Waals surface area contributed by atoms with Crippen LogP contribution in [-0.2, 0) is 9.47 Å². The molecule has 1 rings (SSSR count). The molecule has 0 atom stereocenters. The minimum Gasteiger partial charge on any atom is -0.449 e. The number of nitriles is 1. The van der Waals surface area contributed by atoms with Crippen molar-refractivity contribution < 1.29 is 19.1 Å². The second kappa shape index (κ2) is 13.5. The number of alkyl carbamates (subject to hydrolysis) is 2. The van der Waals surface area contributed by atoms with E-state index in [4.69, 9.17) is 39.2 Å². The lowest BCUT2D eigenvalue weighted by atomic mass is 10.2. The van der Waals surface area contributed by atoms with Crippen molar-refractivity contribution in [3.05, 3.63) is 18.2 Å². The van der Waals surface area contributed by atoms with Gasteiger partial charge in [0.1, 0.15) is 5.40 Å². The summed E-state index contributed by atoms with van der Waals surface area (Å²) < 4.78 is 9.82. The third kappa shape index (κ3) is 9.93. The van der Waals surface area contributed by atoms with E-state index in [2.05, 4.69) is 21.3 Å². The highest BCUT2D eigenvalue weighted by Gasteiger charge is 2.12. The summed E-state index contributed by atoms with van der Waals surface area (Å²) in [5.74, 6) is 0. The van der Waals surface area contributed by atoms with E-state index in [9.17, 15) is 9.59 Å². The number of carbonyl (C=O) groups is 2. The van der Waals surface area contributed by atoms with Gasteiger partial charge < -0.3 is 20.1 Å². The fourth-order valence-electron chi connectivity index (χ4n) is 1.81. The topological polar surface area (TPSA) is 125 Å². The van der Waals surface area contributed by atoms with Gasteiger partial charge in [-0.25, -0.2) is 9.59 Å². The number of anilines is 2. The van der Waals surface area contributed by atoms with E-state index >= 15 is 0 Å². The van der Waals surface area contributed by atoms with Crippen LogP contribution in [0.15, 0.2) is 23.1 Å². The van der Waals surface area contributed by atoms with Gasteiger partial charge in [0, 0.05) is 4.90 Å². The van der Waals surface area contributed by atoms with Crippen LogP contribution in [0.4, 0.5) is 21.0 Å². The molecule has 0 spiro atoms. The van der Waals surface area contributed by atoms with Gasteiger partial charge in [-0.1, -0.05) is 13.8 Å². The van der Waals surface area contributed by atoms with E-state index in [1.165, 1.54) is 0 Å². The third-order valence-corrected chi connectivity index (χ3v) is 3.95. The predicted octanol–water partition coefficient (Wildman–Crippen LogP) is 3.93. The van der Waals surface area contributed by atoms with Gasteiger partial charge in [-0.2, -0.15) is 5.26 Å². The summed E-state index contributed by atoms with van der Waals surface area (Å²) in [6.07, 6.45) is 0.00841. The van der Waals surface area contributed by atoms with Gasteiger partial charge in [-0.3, -0.25) is 10.6 Å². The summed E-state index contributed by atoms with van der Waals surface area (Å²) in [5, 5.41) is 21.3. The van der Waals surface area contributed by atoms with E-state index in [1.54, 1.807) is 18.2 Å². The van der Waals surface area contributed by atoms with Gasteiger partial charge in [0.15, 0.2) is 10.2 Å². The van der Waals surface area contributed by atoms with Crippen LogP contribution in [0.5, 0.6) is 0 Å². The summed E-state index contributed by atoms with van der Waals surface area (Å²) in [6.45, 7) is 4.28. The first-order valence-corrected chi connectivity index (χ1v) is 10.2. The van der Waals surface area contributed by atoms with Crippen molar-refractivity contribution in [3.8, 4) is 5.40 Å². The Kier molecular flexibility index (Phi) is 11.4. The predicted molar refractivity (Wildman–Crippen MR) is 120 cm³/mol. The van der Waals surface area contributed by atoms with Crippen molar-refractivity contribution in [2.45, 2.75) is 31.6 Å². The zero-order valence-corrected chi connectivity index (χ0v) is 18.3. The Morgan fingerprint density at radius 3 is 2.00 bits per heavy atom. The second-order valence-electron chi connectivity index (χ2n) is 5.33. The molecule has 0 bridgehead atoms. The fraction of sp³-hybridized carbons (Fsp3) is 0.353. The number of thiocyanates is 1. The number of benzene rings is 1. The van der Waals surface area contributed by atoms with E-state index in [-0.39, 0.29) is 23.4 Å². The Labute approximate surface area is 183 Å². The Morgan fingerprint density at radius 1 is 1.00 bits per heavy atom. The molecule has 9 nitrogen and oxygen atoms in total. The summed E-state index contributed by atoms with van der Waals surface area (Å²) in [5.41, 5.74) is 0.885. The first-order valence-electron chi connectivity index (χ1n) is 8.59. The van der Waals surface area contributed by atoms with Crippen LogP contribution in [0.1, 0.15) is 26.7 Å². The normalized spacial score (nSPS) is 9.55. The van der Waals surface area contributed by atoms with E-state index in [1.807, 2.05) is 19.2 Å². The molecular formula is C17H21N5O4S3. The lowest BCUT2D eigenvalue weighted by molar-refractivity contribution is 0.151. The first kappa shape index (κ1) is 24.4. The maximum Gasteiger partial charge on any atom is 0.413 e.